The summed E-state index contributed by atoms with van der Waals surface area (Å²) in [5.41, 5.74) is 0.199. The van der Waals surface area contributed by atoms with Crippen molar-refractivity contribution in [1.82, 2.24) is 4.98 Å². The zero-order valence-corrected chi connectivity index (χ0v) is 14.0. The normalized spacial score (nSPS) is 10.2. The minimum absolute atomic E-state index is 0.199. The van der Waals surface area contributed by atoms with Crippen molar-refractivity contribution in [3.8, 4) is 17.2 Å². The van der Waals surface area contributed by atoms with E-state index in [1.807, 2.05) is 0 Å². The first-order valence-corrected chi connectivity index (χ1v) is 8.11. The van der Waals surface area contributed by atoms with E-state index in [2.05, 4.69) is 15.6 Å². The molecule has 128 valence electrons. The highest BCUT2D eigenvalue weighted by molar-refractivity contribution is 7.13. The fraction of sp³-hybridized carbons (Fsp3) is 0.0588. The summed E-state index contributed by atoms with van der Waals surface area (Å²) in [5, 5.41) is 7.29. The van der Waals surface area contributed by atoms with E-state index in [1.165, 1.54) is 29.5 Å². The molecule has 0 atom stereocenters. The van der Waals surface area contributed by atoms with Crippen LogP contribution in [0.2, 0.25) is 0 Å². The van der Waals surface area contributed by atoms with Gasteiger partial charge in [-0.25, -0.2) is 14.2 Å². The van der Waals surface area contributed by atoms with Gasteiger partial charge in [0.15, 0.2) is 10.9 Å². The number of rotatable bonds is 5. The van der Waals surface area contributed by atoms with Gasteiger partial charge in [0, 0.05) is 17.6 Å². The molecule has 3 aromatic rings. The molecular formula is C17H14FN3O3S. The smallest absolute Gasteiger partial charge is 0.325 e. The van der Waals surface area contributed by atoms with Crippen LogP contribution in [0.1, 0.15) is 0 Å². The summed E-state index contributed by atoms with van der Waals surface area (Å²) in [4.78, 5) is 16.0. The molecule has 25 heavy (non-hydrogen) atoms. The maximum Gasteiger partial charge on any atom is 0.325 e. The van der Waals surface area contributed by atoms with Crippen LogP contribution in [0.5, 0.6) is 17.2 Å². The van der Waals surface area contributed by atoms with Gasteiger partial charge in [0.05, 0.1) is 12.8 Å². The predicted molar refractivity (Wildman–Crippen MR) is 94.2 cm³/mol. The first kappa shape index (κ1) is 16.7. The van der Waals surface area contributed by atoms with Crippen molar-refractivity contribution in [2.24, 2.45) is 0 Å². The van der Waals surface area contributed by atoms with Gasteiger partial charge in [0.1, 0.15) is 17.3 Å². The number of nitrogens with one attached hydrogen (secondary N) is 2. The van der Waals surface area contributed by atoms with Gasteiger partial charge in [-0.15, -0.1) is 11.3 Å². The van der Waals surface area contributed by atoms with Crippen molar-refractivity contribution < 1.29 is 18.7 Å². The molecule has 0 spiro atoms. The summed E-state index contributed by atoms with van der Waals surface area (Å²) < 4.78 is 24.4. The second-order valence-electron chi connectivity index (χ2n) is 4.83. The summed E-state index contributed by atoms with van der Waals surface area (Å²) in [6.45, 7) is 0. The van der Waals surface area contributed by atoms with E-state index in [0.717, 1.165) is 0 Å². The summed E-state index contributed by atoms with van der Waals surface area (Å²) in [6, 6.07) is 10.2. The van der Waals surface area contributed by atoms with Crippen molar-refractivity contribution in [1.29, 1.82) is 0 Å². The van der Waals surface area contributed by atoms with Crippen LogP contribution in [0.3, 0.4) is 0 Å². The third-order valence-electron chi connectivity index (χ3n) is 3.13. The molecule has 0 aliphatic rings. The summed E-state index contributed by atoms with van der Waals surface area (Å²) in [7, 11) is 1.57. The lowest BCUT2D eigenvalue weighted by Crippen LogP contribution is -2.19. The fourth-order valence-corrected chi connectivity index (χ4v) is 2.52. The molecule has 6 nitrogen and oxygen atoms in total. The van der Waals surface area contributed by atoms with Crippen LogP contribution in [-0.2, 0) is 0 Å². The second-order valence-corrected chi connectivity index (χ2v) is 5.73. The van der Waals surface area contributed by atoms with Crippen LogP contribution in [0, 0.1) is 5.82 Å². The number of ether oxygens (including phenoxy) is 2. The molecule has 0 saturated carbocycles. The number of methoxy groups -OCH3 is 1. The topological polar surface area (TPSA) is 72.5 Å². The van der Waals surface area contributed by atoms with Crippen LogP contribution in [0.15, 0.2) is 54.0 Å². The van der Waals surface area contributed by atoms with Crippen LogP contribution >= 0.6 is 11.3 Å². The van der Waals surface area contributed by atoms with Gasteiger partial charge >= 0.3 is 6.03 Å². The monoisotopic (exact) mass is 359 g/mol. The van der Waals surface area contributed by atoms with Crippen LogP contribution < -0.4 is 20.1 Å². The maximum atomic E-state index is 13.6. The number of urea groups is 1. The zero-order valence-electron chi connectivity index (χ0n) is 13.2. The molecule has 8 heteroatoms. The molecule has 0 bridgehead atoms. The number of anilines is 2. The maximum absolute atomic E-state index is 13.6. The first-order chi connectivity index (χ1) is 12.1. The van der Waals surface area contributed by atoms with Gasteiger partial charge in [-0.1, -0.05) is 0 Å². The molecule has 1 heterocycles. The highest BCUT2D eigenvalue weighted by atomic mass is 32.1. The molecule has 0 saturated heterocycles. The van der Waals surface area contributed by atoms with Gasteiger partial charge in [-0.3, -0.25) is 5.32 Å². The number of amides is 2. The predicted octanol–water partition coefficient (Wildman–Crippen LogP) is 4.73. The Bertz CT molecular complexity index is 854. The summed E-state index contributed by atoms with van der Waals surface area (Å²) in [5.74, 6) is 1.02. The Morgan fingerprint density at radius 2 is 1.88 bits per heavy atom. The molecule has 0 unspecified atom stereocenters. The third kappa shape index (κ3) is 4.45. The quantitative estimate of drug-likeness (QED) is 0.691. The molecular weight excluding hydrogens is 345 g/mol. The molecule has 2 aromatic carbocycles. The first-order valence-electron chi connectivity index (χ1n) is 7.23. The van der Waals surface area contributed by atoms with Crippen molar-refractivity contribution in [2.45, 2.75) is 0 Å². The molecule has 2 amide bonds. The molecule has 0 aliphatic heterocycles. The number of aromatic nitrogens is 1. The molecule has 3 rings (SSSR count). The second kappa shape index (κ2) is 7.63. The van der Waals surface area contributed by atoms with Crippen molar-refractivity contribution >= 4 is 28.2 Å². The highest BCUT2D eigenvalue weighted by Gasteiger charge is 2.11. The van der Waals surface area contributed by atoms with Crippen molar-refractivity contribution in [3.05, 3.63) is 59.9 Å². The number of carbonyl (C=O) groups excluding carboxylic acids is 1. The Hall–Kier alpha value is -3.13. The van der Waals surface area contributed by atoms with Gasteiger partial charge in [-0.2, -0.15) is 0 Å². The van der Waals surface area contributed by atoms with Crippen molar-refractivity contribution in [2.75, 3.05) is 17.7 Å². The van der Waals surface area contributed by atoms with Crippen LogP contribution in [0.4, 0.5) is 20.0 Å². The number of carbonyl (C=O) groups is 1. The minimum Gasteiger partial charge on any atom is -0.497 e. The van der Waals surface area contributed by atoms with Gasteiger partial charge in [0.2, 0.25) is 0 Å². The lowest BCUT2D eigenvalue weighted by atomic mass is 10.2. The number of thiazole rings is 1. The largest absolute Gasteiger partial charge is 0.497 e. The van der Waals surface area contributed by atoms with Gasteiger partial charge in [-0.05, 0) is 36.4 Å². The van der Waals surface area contributed by atoms with E-state index in [9.17, 15) is 9.18 Å². The summed E-state index contributed by atoms with van der Waals surface area (Å²) in [6.07, 6.45) is 1.57. The Kier molecular flexibility index (Phi) is 5.10. The highest BCUT2D eigenvalue weighted by Crippen LogP contribution is 2.31. The van der Waals surface area contributed by atoms with E-state index in [0.29, 0.717) is 22.4 Å². The molecule has 0 fully saturated rings. The fourth-order valence-electron chi connectivity index (χ4n) is 2.00. The van der Waals surface area contributed by atoms with E-state index in [-0.39, 0.29) is 5.69 Å². The van der Waals surface area contributed by atoms with E-state index >= 15 is 0 Å². The lowest BCUT2D eigenvalue weighted by molar-refractivity contribution is 0.262. The number of halogens is 1. The lowest BCUT2D eigenvalue weighted by Gasteiger charge is -2.13. The Morgan fingerprint density at radius 3 is 2.56 bits per heavy atom. The summed E-state index contributed by atoms with van der Waals surface area (Å²) >= 11 is 1.28. The van der Waals surface area contributed by atoms with Gasteiger partial charge in [0.25, 0.3) is 0 Å². The number of hydrogen-bond acceptors (Lipinski definition) is 5. The van der Waals surface area contributed by atoms with Gasteiger partial charge < -0.3 is 14.8 Å². The Balaban J connectivity index is 1.76. The number of hydrogen-bond donors (Lipinski definition) is 2. The molecule has 1 aromatic heterocycles. The molecule has 2 N–H and O–H groups in total. The Labute approximate surface area is 147 Å². The zero-order chi connectivity index (χ0) is 17.6. The number of nitrogens with zero attached hydrogens (tertiary/aromatic N) is 1. The average Bonchev–Trinajstić information content (AvgIpc) is 3.11. The van der Waals surface area contributed by atoms with E-state index in [1.54, 1.807) is 43.0 Å². The SMILES string of the molecule is COc1ccc(Oc2ccc(F)cc2NC(=O)Nc2nccs2)cc1. The van der Waals surface area contributed by atoms with Crippen LogP contribution in [-0.4, -0.2) is 18.1 Å². The van der Waals surface area contributed by atoms with Crippen LogP contribution in [0.25, 0.3) is 0 Å². The standard InChI is InChI=1S/C17H14FN3O3S/c1-23-12-3-5-13(6-4-12)24-15-7-2-11(18)10-14(15)20-16(22)21-17-19-8-9-25-17/h2-10H,1H3,(H2,19,20,21,22). The van der Waals surface area contributed by atoms with Crippen molar-refractivity contribution in [3.63, 3.8) is 0 Å². The Morgan fingerprint density at radius 1 is 1.12 bits per heavy atom. The average molecular weight is 359 g/mol. The van der Waals surface area contributed by atoms with E-state index < -0.39 is 11.8 Å². The van der Waals surface area contributed by atoms with E-state index in [4.69, 9.17) is 9.47 Å². The third-order valence-corrected chi connectivity index (χ3v) is 3.82. The molecule has 0 radical (unpaired) electrons. The molecule has 0 aliphatic carbocycles. The number of benzene rings is 2. The minimum atomic E-state index is -0.542.